The quantitative estimate of drug-likeness (QED) is 0.645. The minimum atomic E-state index is -1.06. The number of nitrogens with one attached hydrogen (secondary N) is 1. The van der Waals surface area contributed by atoms with E-state index >= 15 is 0 Å². The largest absolute Gasteiger partial charge is 0.467 e. The van der Waals surface area contributed by atoms with Crippen molar-refractivity contribution in [2.24, 2.45) is 5.92 Å². The number of nitrogens with zero attached hydrogens (tertiary/aromatic N) is 1. The molecule has 0 radical (unpaired) electrons. The number of hydrogen-bond donors (Lipinski definition) is 1. The van der Waals surface area contributed by atoms with Crippen molar-refractivity contribution in [1.82, 2.24) is 10.2 Å². The highest BCUT2D eigenvalue weighted by Crippen LogP contribution is 2.19. The second kappa shape index (κ2) is 8.65. The normalized spacial score (nSPS) is 15.7. The fourth-order valence-corrected chi connectivity index (χ4v) is 2.92. The third-order valence-corrected chi connectivity index (χ3v) is 4.53. The first-order valence-electron chi connectivity index (χ1n) is 8.76. The van der Waals surface area contributed by atoms with Crippen molar-refractivity contribution in [3.05, 3.63) is 42.0 Å². The van der Waals surface area contributed by atoms with Crippen molar-refractivity contribution >= 4 is 23.9 Å². The minimum absolute atomic E-state index is 0.0531. The summed E-state index contributed by atoms with van der Waals surface area (Å²) in [6.07, 6.45) is 4.51. The van der Waals surface area contributed by atoms with Crippen LogP contribution >= 0.6 is 0 Å². The second-order valence-electron chi connectivity index (χ2n) is 6.95. The summed E-state index contributed by atoms with van der Waals surface area (Å²) in [7, 11) is 1.29. The zero-order valence-electron chi connectivity index (χ0n) is 15.5. The molecular formula is C20H26N2O4. The predicted octanol–water partition coefficient (Wildman–Crippen LogP) is 2.01. The number of carbonyl (C=O) groups is 3. The molecule has 26 heavy (non-hydrogen) atoms. The van der Waals surface area contributed by atoms with E-state index in [-0.39, 0.29) is 17.7 Å². The van der Waals surface area contributed by atoms with Crippen molar-refractivity contribution in [1.29, 1.82) is 0 Å². The van der Waals surface area contributed by atoms with Crippen LogP contribution in [0.3, 0.4) is 0 Å². The van der Waals surface area contributed by atoms with Gasteiger partial charge in [-0.15, -0.1) is 0 Å². The highest BCUT2D eigenvalue weighted by molar-refractivity contribution is 5.92. The number of esters is 1. The monoisotopic (exact) mass is 358 g/mol. The molecule has 0 atom stereocenters. The van der Waals surface area contributed by atoms with E-state index < -0.39 is 11.5 Å². The summed E-state index contributed by atoms with van der Waals surface area (Å²) in [5, 5.41) is 2.74. The Morgan fingerprint density at radius 1 is 1.15 bits per heavy atom. The third-order valence-electron chi connectivity index (χ3n) is 4.53. The topological polar surface area (TPSA) is 75.7 Å². The summed E-state index contributed by atoms with van der Waals surface area (Å²) in [6.45, 7) is 4.27. The predicted molar refractivity (Wildman–Crippen MR) is 99.0 cm³/mol. The maximum atomic E-state index is 12.4. The molecule has 1 aromatic rings. The lowest BCUT2D eigenvalue weighted by molar-refractivity contribution is -0.150. The maximum Gasteiger partial charge on any atom is 0.330 e. The van der Waals surface area contributed by atoms with Gasteiger partial charge in [-0.1, -0.05) is 30.3 Å². The number of carbonyl (C=O) groups excluding carboxylic acids is 3. The van der Waals surface area contributed by atoms with Crippen LogP contribution in [-0.2, 0) is 19.1 Å². The van der Waals surface area contributed by atoms with Gasteiger partial charge in [0.2, 0.25) is 11.8 Å². The summed E-state index contributed by atoms with van der Waals surface area (Å²) in [6, 6.07) is 9.64. The Bertz CT molecular complexity index is 674. The lowest BCUT2D eigenvalue weighted by Gasteiger charge is -2.32. The summed E-state index contributed by atoms with van der Waals surface area (Å²) < 4.78 is 4.70. The van der Waals surface area contributed by atoms with Gasteiger partial charge in [0.15, 0.2) is 0 Å². The SMILES string of the molecule is COC(=O)C(C)(C)NC(=O)C1CCN(C(=O)/C=C/c2ccccc2)CC1. The van der Waals surface area contributed by atoms with Gasteiger partial charge in [-0.05, 0) is 38.3 Å². The molecule has 0 aliphatic carbocycles. The van der Waals surface area contributed by atoms with E-state index in [0.717, 1.165) is 5.56 Å². The zero-order valence-corrected chi connectivity index (χ0v) is 15.5. The van der Waals surface area contributed by atoms with Gasteiger partial charge in [0.25, 0.3) is 0 Å². The molecule has 1 saturated heterocycles. The van der Waals surface area contributed by atoms with Crippen LogP contribution in [0.5, 0.6) is 0 Å². The molecule has 1 heterocycles. The molecule has 2 amide bonds. The smallest absolute Gasteiger partial charge is 0.330 e. The number of piperidine rings is 1. The van der Waals surface area contributed by atoms with Crippen LogP contribution in [0.2, 0.25) is 0 Å². The van der Waals surface area contributed by atoms with E-state index in [1.54, 1.807) is 30.9 Å². The van der Waals surface area contributed by atoms with Crippen LogP contribution in [0, 0.1) is 5.92 Å². The summed E-state index contributed by atoms with van der Waals surface area (Å²) in [4.78, 5) is 38.1. The molecule has 1 aliphatic heterocycles. The van der Waals surface area contributed by atoms with Crippen LogP contribution < -0.4 is 5.32 Å². The van der Waals surface area contributed by atoms with Gasteiger partial charge in [-0.2, -0.15) is 0 Å². The summed E-state index contributed by atoms with van der Waals surface area (Å²) >= 11 is 0. The van der Waals surface area contributed by atoms with Gasteiger partial charge in [0.1, 0.15) is 5.54 Å². The molecule has 1 N–H and O–H groups in total. The lowest BCUT2D eigenvalue weighted by Crippen LogP contribution is -2.53. The third kappa shape index (κ3) is 5.18. The van der Waals surface area contributed by atoms with Crippen molar-refractivity contribution in [3.63, 3.8) is 0 Å². The molecule has 6 heteroatoms. The molecule has 1 aliphatic rings. The Kier molecular flexibility index (Phi) is 6.55. The van der Waals surface area contributed by atoms with E-state index in [0.29, 0.717) is 25.9 Å². The van der Waals surface area contributed by atoms with Crippen LogP contribution in [-0.4, -0.2) is 48.4 Å². The Balaban J connectivity index is 1.84. The number of methoxy groups -OCH3 is 1. The van der Waals surface area contributed by atoms with E-state index in [1.807, 2.05) is 30.3 Å². The van der Waals surface area contributed by atoms with Crippen molar-refractivity contribution in [2.75, 3.05) is 20.2 Å². The van der Waals surface area contributed by atoms with Crippen molar-refractivity contribution in [2.45, 2.75) is 32.2 Å². The van der Waals surface area contributed by atoms with Crippen molar-refractivity contribution < 1.29 is 19.1 Å². The van der Waals surface area contributed by atoms with Crippen molar-refractivity contribution in [3.8, 4) is 0 Å². The Labute approximate surface area is 154 Å². The molecule has 0 spiro atoms. The average molecular weight is 358 g/mol. The van der Waals surface area contributed by atoms with E-state index in [2.05, 4.69) is 5.32 Å². The first-order chi connectivity index (χ1) is 12.3. The van der Waals surface area contributed by atoms with Gasteiger partial charge in [0.05, 0.1) is 7.11 Å². The van der Waals surface area contributed by atoms with Gasteiger partial charge >= 0.3 is 5.97 Å². The number of amides is 2. The Morgan fingerprint density at radius 3 is 2.35 bits per heavy atom. The molecule has 1 aromatic carbocycles. The Hall–Kier alpha value is -2.63. The second-order valence-corrected chi connectivity index (χ2v) is 6.95. The standard InChI is InChI=1S/C20H26N2O4/c1-20(2,19(25)26-3)21-18(24)16-11-13-22(14-12-16)17(23)10-9-15-7-5-4-6-8-15/h4-10,16H,11-14H2,1-3H3,(H,21,24)/b10-9+. The van der Waals surface area contributed by atoms with E-state index in [4.69, 9.17) is 4.74 Å². The van der Waals surface area contributed by atoms with Crippen LogP contribution in [0.4, 0.5) is 0 Å². The van der Waals surface area contributed by atoms with E-state index in [1.165, 1.54) is 7.11 Å². The highest BCUT2D eigenvalue weighted by atomic mass is 16.5. The average Bonchev–Trinajstić information content (AvgIpc) is 2.66. The molecule has 1 fully saturated rings. The molecule has 0 bridgehead atoms. The fourth-order valence-electron chi connectivity index (χ4n) is 2.92. The van der Waals surface area contributed by atoms with Crippen LogP contribution in [0.15, 0.2) is 36.4 Å². The number of ether oxygens (including phenoxy) is 1. The van der Waals surface area contributed by atoms with E-state index in [9.17, 15) is 14.4 Å². The minimum Gasteiger partial charge on any atom is -0.467 e. The van der Waals surface area contributed by atoms with Gasteiger partial charge in [-0.25, -0.2) is 4.79 Å². The molecule has 140 valence electrons. The molecule has 0 unspecified atom stereocenters. The summed E-state index contributed by atoms with van der Waals surface area (Å²) in [5.41, 5.74) is -0.0860. The number of hydrogen-bond acceptors (Lipinski definition) is 4. The number of benzene rings is 1. The molecule has 0 saturated carbocycles. The zero-order chi connectivity index (χ0) is 19.2. The number of rotatable bonds is 5. The van der Waals surface area contributed by atoms with Gasteiger partial charge in [-0.3, -0.25) is 9.59 Å². The molecule has 2 rings (SSSR count). The molecular weight excluding hydrogens is 332 g/mol. The van der Waals surface area contributed by atoms with Crippen LogP contribution in [0.1, 0.15) is 32.3 Å². The fraction of sp³-hybridized carbons (Fsp3) is 0.450. The molecule has 0 aromatic heterocycles. The van der Waals surface area contributed by atoms with Gasteiger partial charge < -0.3 is 15.0 Å². The number of likely N-dealkylation sites (tertiary alicyclic amines) is 1. The summed E-state index contributed by atoms with van der Waals surface area (Å²) in [5.74, 6) is -0.916. The first kappa shape index (κ1) is 19.7. The van der Waals surface area contributed by atoms with Crippen LogP contribution in [0.25, 0.3) is 6.08 Å². The van der Waals surface area contributed by atoms with Gasteiger partial charge in [0, 0.05) is 25.1 Å². The maximum absolute atomic E-state index is 12.4. The Morgan fingerprint density at radius 2 is 1.77 bits per heavy atom. The lowest BCUT2D eigenvalue weighted by atomic mass is 9.94. The first-order valence-corrected chi connectivity index (χ1v) is 8.76. The molecule has 6 nitrogen and oxygen atoms in total. The highest BCUT2D eigenvalue weighted by Gasteiger charge is 2.34.